The molecule has 0 aliphatic carbocycles. The third kappa shape index (κ3) is 41.4. The first kappa shape index (κ1) is 110. The van der Waals surface area contributed by atoms with Crippen LogP contribution in [0, 0.1) is 72.8 Å². The van der Waals surface area contributed by atoms with E-state index in [0.29, 0.717) is 74.1 Å². The summed E-state index contributed by atoms with van der Waals surface area (Å²) in [5.41, 5.74) is 0. The third-order valence-electron chi connectivity index (χ3n) is 27.5. The van der Waals surface area contributed by atoms with E-state index >= 15 is 0 Å². The molecule has 0 aliphatic heterocycles. The number of ether oxygens (including phenoxy) is 6. The van der Waals surface area contributed by atoms with E-state index < -0.39 is 0 Å². The maximum Gasteiger partial charge on any atom is 0.162 e. The number of unbranched alkanes of at least 4 members (excludes halogenated alkanes) is 54. The van der Waals surface area contributed by atoms with Gasteiger partial charge in [-0.05, 0) is 107 Å². The van der Waals surface area contributed by atoms with E-state index in [2.05, 4.69) is 260 Å². The van der Waals surface area contributed by atoms with Crippen molar-refractivity contribution < 1.29 is 28.4 Å². The second-order valence-electron chi connectivity index (χ2n) is 39.3. The van der Waals surface area contributed by atoms with Crippen LogP contribution in [-0.2, 0) is 0 Å². The van der Waals surface area contributed by atoms with Gasteiger partial charge in [0.05, 0.1) is 39.6 Å². The molecule has 13 aromatic rings. The van der Waals surface area contributed by atoms with E-state index in [0.717, 1.165) is 174 Å². The minimum absolute atomic E-state index is 0.587. The van der Waals surface area contributed by atoms with Gasteiger partial charge in [-0.2, -0.15) is 0 Å². The molecule has 0 saturated heterocycles. The van der Waals surface area contributed by atoms with Gasteiger partial charge >= 0.3 is 0 Å². The van der Waals surface area contributed by atoms with Gasteiger partial charge in [0.1, 0.15) is 0 Å². The van der Waals surface area contributed by atoms with E-state index in [4.69, 9.17) is 28.4 Å². The van der Waals surface area contributed by atoms with Crippen LogP contribution in [0.1, 0.15) is 427 Å². The quantitative estimate of drug-likeness (QED) is 0.0354. The van der Waals surface area contributed by atoms with Crippen molar-refractivity contribution in [1.82, 2.24) is 0 Å². The molecule has 6 bridgehead atoms. The molecule has 6 nitrogen and oxygen atoms in total. The van der Waals surface area contributed by atoms with Gasteiger partial charge < -0.3 is 28.4 Å². The molecule has 0 saturated carbocycles. The second-order valence-corrected chi connectivity index (χ2v) is 39.3. The Morgan fingerprint density at radius 2 is 0.239 bits per heavy atom. The van der Waals surface area contributed by atoms with Crippen molar-refractivity contribution in [2.24, 2.45) is 0 Å². The molecule has 0 amide bonds. The van der Waals surface area contributed by atoms with Crippen LogP contribution in [0.25, 0.3) is 97.0 Å². The maximum atomic E-state index is 6.93. The lowest BCUT2D eigenvalue weighted by Gasteiger charge is -2.13. The molecule has 6 heteroatoms. The smallest absolute Gasteiger partial charge is 0.162 e. The summed E-state index contributed by atoms with van der Waals surface area (Å²) in [7, 11) is 0. The molecule has 0 aromatic heterocycles. The summed E-state index contributed by atoms with van der Waals surface area (Å²) in [6.07, 6.45) is 74.9. The monoisotopic (exact) mass is 1860 g/mol. The van der Waals surface area contributed by atoms with E-state index in [-0.39, 0.29) is 0 Å². The predicted molar refractivity (Wildman–Crippen MR) is 593 cm³/mol. The van der Waals surface area contributed by atoms with Crippen molar-refractivity contribution in [3.05, 3.63) is 218 Å². The molecule has 0 spiro atoms. The Bertz CT molecular complexity index is 4520. The zero-order valence-electron chi connectivity index (χ0n) is 87.0. The molecule has 0 atom stereocenters. The first-order chi connectivity index (χ1) is 68.4. The molecule has 138 heavy (non-hydrogen) atoms. The normalized spacial score (nSPS) is 11.1. The highest BCUT2D eigenvalue weighted by atomic mass is 16.5. The van der Waals surface area contributed by atoms with E-state index in [1.54, 1.807) is 0 Å². The first-order valence-corrected chi connectivity index (χ1v) is 56.4. The van der Waals surface area contributed by atoms with Gasteiger partial charge in [0, 0.05) is 101 Å². The van der Waals surface area contributed by atoms with Crippen LogP contribution in [0.15, 0.2) is 146 Å². The highest BCUT2D eigenvalue weighted by Gasteiger charge is 2.15. The molecule has 13 aromatic carbocycles. The minimum atomic E-state index is 0.587. The van der Waals surface area contributed by atoms with Crippen molar-refractivity contribution in [2.45, 2.75) is 427 Å². The van der Waals surface area contributed by atoms with Gasteiger partial charge in [0.15, 0.2) is 34.5 Å². The molecular formula is C132H174O6. The van der Waals surface area contributed by atoms with Gasteiger partial charge in [-0.1, -0.05) is 534 Å². The van der Waals surface area contributed by atoms with Gasteiger partial charge in [0.25, 0.3) is 0 Å². The fraction of sp³-hybridized carbons (Fsp3) is 0.545. The maximum absolute atomic E-state index is 6.93. The van der Waals surface area contributed by atoms with Crippen LogP contribution in [0.4, 0.5) is 0 Å². The van der Waals surface area contributed by atoms with Crippen molar-refractivity contribution in [1.29, 1.82) is 0 Å². The molecular weight excluding hydrogens is 1680 g/mol. The summed E-state index contributed by atoms with van der Waals surface area (Å²) in [4.78, 5) is 0. The van der Waals surface area contributed by atoms with E-state index in [1.165, 1.54) is 308 Å². The number of hydrogen-bond acceptors (Lipinski definition) is 6. The lowest BCUT2D eigenvalue weighted by atomic mass is 10.0. The van der Waals surface area contributed by atoms with E-state index in [9.17, 15) is 0 Å². The Morgan fingerprint density at radius 1 is 0.130 bits per heavy atom. The SMILES string of the molecule is CCCCCCCCCCCCOc1cc2c#cc3ccc(c#cc4cc(OCCCCCCCCCCCC)c(OCCCCCCCCCCCC)cc4c#cc4ccc(c#cc5cc(OCCCCCCCCCCCC)c(OCCCCCCCCCCCC)cc5c#cc5ccc(c#cc2cc1OCCCCCCCCCCCC)c1ccccc51)c1ccccc41)c1ccccc31. The Morgan fingerprint density at radius 3 is 0.362 bits per heavy atom. The molecule has 0 N–H and O–H groups in total. The Labute approximate surface area is 839 Å². The number of benzene rings is 9. The zero-order chi connectivity index (χ0) is 96.2. The highest BCUT2D eigenvalue weighted by Crippen LogP contribution is 2.37. The van der Waals surface area contributed by atoms with Gasteiger partial charge in [-0.25, -0.2) is 0 Å². The van der Waals surface area contributed by atoms with Gasteiger partial charge in [-0.3, -0.25) is 0 Å². The van der Waals surface area contributed by atoms with Crippen molar-refractivity contribution in [3.63, 3.8) is 0 Å². The van der Waals surface area contributed by atoms with Crippen LogP contribution in [0.3, 0.4) is 0 Å². The molecule has 13 rings (SSSR count). The van der Waals surface area contributed by atoms with Crippen molar-refractivity contribution >= 4 is 97.0 Å². The molecule has 0 fully saturated rings. The van der Waals surface area contributed by atoms with E-state index in [1.807, 2.05) is 0 Å². The minimum Gasteiger partial charge on any atom is -0.490 e. The second kappa shape index (κ2) is 69.7. The van der Waals surface area contributed by atoms with Gasteiger partial charge in [-0.15, -0.1) is 0 Å². The average Bonchev–Trinajstić information content (AvgIpc) is 0.796. The topological polar surface area (TPSA) is 55.4 Å². The van der Waals surface area contributed by atoms with Crippen LogP contribution < -0.4 is 28.4 Å². The lowest BCUT2D eigenvalue weighted by molar-refractivity contribution is 0.259. The fourth-order valence-electron chi connectivity index (χ4n) is 19.0. The van der Waals surface area contributed by atoms with Crippen LogP contribution in [0.2, 0.25) is 0 Å². The Hall–Kier alpha value is -10.1. The summed E-state index contributed by atoms with van der Waals surface area (Å²) in [6, 6.07) is 96.0. The Kier molecular flexibility index (Phi) is 55.5. The number of rotatable bonds is 72. The van der Waals surface area contributed by atoms with Crippen LogP contribution >= 0.6 is 0 Å². The Balaban J connectivity index is 1.15. The largest absolute Gasteiger partial charge is 0.490 e. The fourth-order valence-corrected chi connectivity index (χ4v) is 19.0. The summed E-state index contributed by atoms with van der Waals surface area (Å²) in [6.45, 7) is 17.3. The molecule has 0 unspecified atom stereocenters. The lowest BCUT2D eigenvalue weighted by Crippen LogP contribution is -2.03. The first-order valence-electron chi connectivity index (χ1n) is 56.4. The van der Waals surface area contributed by atoms with Gasteiger partial charge in [0.2, 0.25) is 0 Å². The highest BCUT2D eigenvalue weighted by molar-refractivity contribution is 6.08. The summed E-state index contributed by atoms with van der Waals surface area (Å²) in [5, 5.41) is 16.0. The summed E-state index contributed by atoms with van der Waals surface area (Å²) >= 11 is 0. The predicted octanol–water partition coefficient (Wildman–Crippen LogP) is 40.5. The van der Waals surface area contributed by atoms with Crippen molar-refractivity contribution in [3.8, 4) is 34.5 Å². The molecule has 0 heterocycles. The van der Waals surface area contributed by atoms with Crippen LogP contribution in [0.5, 0.6) is 34.5 Å². The third-order valence-corrected chi connectivity index (χ3v) is 27.5. The average molecular weight is 1860 g/mol. The molecule has 0 aliphatic rings. The summed E-state index contributed by atoms with van der Waals surface area (Å²) in [5.74, 6) is 4.24. The zero-order valence-corrected chi connectivity index (χ0v) is 87.0. The molecule has 0 radical (unpaired) electrons. The van der Waals surface area contributed by atoms with Crippen molar-refractivity contribution in [2.75, 3.05) is 39.6 Å². The molecule has 738 valence electrons. The standard InChI is InChI=1S/C132H174O6/c1-7-13-19-25-31-37-43-49-55-67-97-133-127-103-115-91-85-109-79-80-111(123-75-62-61-73-121(109)123)87-93-117-105-129(135-99-69-57-51-45-39-33-27-21-15-9-3)131(137-101-71-59-53-47-41-35-29-23-17-11-5)107-119(117)95-89-113-83-84-114(126-78-66-65-77-125(113)126)90-96-120-108-132(138-102-72-60-54-48-42-36-30-24-18-12-6)130(136-100-70-58-52-46-40-34-28-22-16-10-4)106-118(120)94-88-112-82-81-110(122-74-63-64-76-124(112)122)86-92-116(115)104-128(127)134-98-68-56-50-44-38-32-26-20-14-8-2/h61-66,73-84,103-108H,7-60,67-72,97-102H2,1-6H3. The number of hydrogen-bond donors (Lipinski definition) is 0. The summed E-state index contributed by atoms with van der Waals surface area (Å²) < 4.78 is 41.6. The van der Waals surface area contributed by atoms with Crippen LogP contribution in [-0.4, -0.2) is 39.6 Å².